The number of hydrogen-bond acceptors (Lipinski definition) is 3. The predicted molar refractivity (Wildman–Crippen MR) is 51.7 cm³/mol. The number of amides is 1. The van der Waals surface area contributed by atoms with Gasteiger partial charge in [0.1, 0.15) is 6.54 Å². The van der Waals surface area contributed by atoms with E-state index >= 15 is 0 Å². The molecule has 0 unspecified atom stereocenters. The smallest absolute Gasteiger partial charge is 0.323 e. The SMILES string of the molecule is C#CCN(CC(=O)O)C(=O)[C@@H](N)CCl. The molecule has 0 aliphatic carbocycles. The number of alkyl halides is 1. The third-order valence-electron chi connectivity index (χ3n) is 1.40. The van der Waals surface area contributed by atoms with Gasteiger partial charge < -0.3 is 15.7 Å². The minimum atomic E-state index is -1.14. The van der Waals surface area contributed by atoms with Crippen molar-refractivity contribution in [2.45, 2.75) is 6.04 Å². The van der Waals surface area contributed by atoms with Crippen molar-refractivity contribution in [3.63, 3.8) is 0 Å². The first-order valence-electron chi connectivity index (χ1n) is 3.78. The van der Waals surface area contributed by atoms with Crippen LogP contribution >= 0.6 is 11.6 Å². The van der Waals surface area contributed by atoms with E-state index in [2.05, 4.69) is 5.92 Å². The van der Waals surface area contributed by atoms with Gasteiger partial charge in [0.2, 0.25) is 5.91 Å². The summed E-state index contributed by atoms with van der Waals surface area (Å²) in [5.74, 6) is 0.408. The lowest BCUT2D eigenvalue weighted by Crippen LogP contribution is -2.46. The Kier molecular flexibility index (Phi) is 5.68. The molecule has 3 N–H and O–H groups in total. The summed E-state index contributed by atoms with van der Waals surface area (Å²) in [5, 5.41) is 8.48. The molecule has 0 rings (SSSR count). The van der Waals surface area contributed by atoms with Gasteiger partial charge in [-0.15, -0.1) is 18.0 Å². The Bertz CT molecular complexity index is 262. The van der Waals surface area contributed by atoms with Crippen LogP contribution in [0.4, 0.5) is 0 Å². The van der Waals surface area contributed by atoms with Gasteiger partial charge in [-0.25, -0.2) is 0 Å². The Morgan fingerprint density at radius 2 is 2.21 bits per heavy atom. The van der Waals surface area contributed by atoms with E-state index in [4.69, 9.17) is 28.9 Å². The number of carbonyl (C=O) groups excluding carboxylic acids is 1. The summed E-state index contributed by atoms with van der Waals surface area (Å²) >= 11 is 5.36. The monoisotopic (exact) mass is 218 g/mol. The minimum Gasteiger partial charge on any atom is -0.480 e. The van der Waals surface area contributed by atoms with Gasteiger partial charge in [0.25, 0.3) is 0 Å². The first-order chi connectivity index (χ1) is 6.52. The molecule has 1 atom stereocenters. The van der Waals surface area contributed by atoms with E-state index < -0.39 is 24.5 Å². The molecule has 0 aliphatic rings. The molecule has 1 amide bonds. The van der Waals surface area contributed by atoms with Crippen molar-refractivity contribution in [3.8, 4) is 12.3 Å². The van der Waals surface area contributed by atoms with Crippen LogP contribution in [0.25, 0.3) is 0 Å². The first-order valence-corrected chi connectivity index (χ1v) is 4.32. The molecule has 0 aliphatic heterocycles. The average Bonchev–Trinajstić information content (AvgIpc) is 2.14. The van der Waals surface area contributed by atoms with Gasteiger partial charge in [-0.05, 0) is 0 Å². The quantitative estimate of drug-likeness (QED) is 0.463. The standard InChI is InChI=1S/C8H11ClN2O3/c1-2-3-11(5-7(12)13)8(14)6(10)4-9/h1,6H,3-5,10H2,(H,12,13)/t6-/m0/s1. The van der Waals surface area contributed by atoms with Crippen LogP contribution in [0.1, 0.15) is 0 Å². The molecule has 0 heterocycles. The van der Waals surface area contributed by atoms with Gasteiger partial charge >= 0.3 is 5.97 Å². The number of carbonyl (C=O) groups is 2. The van der Waals surface area contributed by atoms with Crippen molar-refractivity contribution in [2.24, 2.45) is 5.73 Å². The number of hydrogen-bond donors (Lipinski definition) is 2. The van der Waals surface area contributed by atoms with Crippen LogP contribution in [-0.2, 0) is 9.59 Å². The van der Waals surface area contributed by atoms with Crippen LogP contribution in [0.5, 0.6) is 0 Å². The third kappa shape index (κ3) is 4.12. The molecular formula is C8H11ClN2O3. The van der Waals surface area contributed by atoms with Crippen molar-refractivity contribution >= 4 is 23.5 Å². The minimum absolute atomic E-state index is 0.0699. The Hall–Kier alpha value is -1.25. The number of aliphatic carboxylic acids is 1. The highest BCUT2D eigenvalue weighted by Gasteiger charge is 2.21. The number of nitrogens with two attached hydrogens (primary N) is 1. The molecule has 0 saturated carbocycles. The molecule has 0 spiro atoms. The van der Waals surface area contributed by atoms with Gasteiger partial charge in [0.05, 0.1) is 12.6 Å². The van der Waals surface area contributed by atoms with E-state index in [1.165, 1.54) is 0 Å². The summed E-state index contributed by atoms with van der Waals surface area (Å²) < 4.78 is 0. The number of carboxylic acids is 1. The van der Waals surface area contributed by atoms with Crippen LogP contribution in [0.15, 0.2) is 0 Å². The van der Waals surface area contributed by atoms with E-state index in [-0.39, 0.29) is 12.4 Å². The first kappa shape index (κ1) is 12.8. The summed E-state index contributed by atoms with van der Waals surface area (Å²) in [6.45, 7) is -0.552. The Labute approximate surface area is 86.8 Å². The van der Waals surface area contributed by atoms with Crippen LogP contribution < -0.4 is 5.73 Å². The highest BCUT2D eigenvalue weighted by molar-refractivity contribution is 6.19. The van der Waals surface area contributed by atoms with Gasteiger partial charge in [-0.3, -0.25) is 9.59 Å². The molecule has 0 aromatic carbocycles. The summed E-state index contributed by atoms with van der Waals surface area (Å²) in [5.41, 5.74) is 5.34. The maximum atomic E-state index is 11.4. The summed E-state index contributed by atoms with van der Waals surface area (Å²) in [6.07, 6.45) is 4.97. The highest BCUT2D eigenvalue weighted by atomic mass is 35.5. The van der Waals surface area contributed by atoms with Crippen molar-refractivity contribution in [1.82, 2.24) is 4.90 Å². The third-order valence-corrected chi connectivity index (χ3v) is 1.74. The second-order valence-corrected chi connectivity index (χ2v) is 2.86. The topological polar surface area (TPSA) is 83.6 Å². The highest BCUT2D eigenvalue weighted by Crippen LogP contribution is 1.95. The van der Waals surface area contributed by atoms with E-state index in [0.717, 1.165) is 4.90 Å². The normalized spacial score (nSPS) is 11.5. The number of rotatable bonds is 5. The largest absolute Gasteiger partial charge is 0.480 e. The van der Waals surface area contributed by atoms with Gasteiger partial charge in [0, 0.05) is 5.88 Å². The maximum Gasteiger partial charge on any atom is 0.323 e. The summed E-state index contributed by atoms with van der Waals surface area (Å²) in [4.78, 5) is 22.7. The predicted octanol–water partition coefficient (Wildman–Crippen LogP) is -0.901. The van der Waals surface area contributed by atoms with Crippen molar-refractivity contribution in [3.05, 3.63) is 0 Å². The van der Waals surface area contributed by atoms with Gasteiger partial charge in [0.15, 0.2) is 0 Å². The maximum absolute atomic E-state index is 11.4. The molecule has 6 heteroatoms. The Balaban J connectivity index is 4.41. The fraction of sp³-hybridized carbons (Fsp3) is 0.500. The number of carboxylic acid groups (broad SMARTS) is 1. The zero-order valence-electron chi connectivity index (χ0n) is 7.44. The number of nitrogens with zero attached hydrogens (tertiary/aromatic N) is 1. The zero-order valence-corrected chi connectivity index (χ0v) is 8.20. The zero-order chi connectivity index (χ0) is 11.1. The van der Waals surface area contributed by atoms with Crippen molar-refractivity contribution in [2.75, 3.05) is 19.0 Å². The summed E-state index contributed by atoms with van der Waals surface area (Å²) in [6, 6.07) is -0.913. The fourth-order valence-electron chi connectivity index (χ4n) is 0.786. The number of terminal acetylenes is 1. The van der Waals surface area contributed by atoms with E-state index in [0.29, 0.717) is 0 Å². The van der Waals surface area contributed by atoms with Crippen molar-refractivity contribution in [1.29, 1.82) is 0 Å². The lowest BCUT2D eigenvalue weighted by atomic mass is 10.3. The number of halogens is 1. The molecule has 0 fully saturated rings. The van der Waals surface area contributed by atoms with Gasteiger partial charge in [-0.2, -0.15) is 0 Å². The molecule has 0 aromatic heterocycles. The van der Waals surface area contributed by atoms with Gasteiger partial charge in [-0.1, -0.05) is 5.92 Å². The van der Waals surface area contributed by atoms with E-state index in [9.17, 15) is 9.59 Å². The molecule has 0 radical (unpaired) electrons. The Morgan fingerprint density at radius 1 is 1.64 bits per heavy atom. The van der Waals surface area contributed by atoms with Crippen LogP contribution in [0.2, 0.25) is 0 Å². The molecule has 0 aromatic rings. The molecule has 0 saturated heterocycles. The molecule has 14 heavy (non-hydrogen) atoms. The molecular weight excluding hydrogens is 208 g/mol. The van der Waals surface area contributed by atoms with Crippen LogP contribution in [-0.4, -0.2) is 46.9 Å². The average molecular weight is 219 g/mol. The fourth-order valence-corrected chi connectivity index (χ4v) is 0.918. The molecule has 78 valence electrons. The second-order valence-electron chi connectivity index (χ2n) is 2.55. The summed E-state index contributed by atoms with van der Waals surface area (Å²) in [7, 11) is 0. The van der Waals surface area contributed by atoms with Crippen LogP contribution in [0, 0.1) is 12.3 Å². The second kappa shape index (κ2) is 6.24. The van der Waals surface area contributed by atoms with Crippen molar-refractivity contribution < 1.29 is 14.7 Å². The van der Waals surface area contributed by atoms with E-state index in [1.807, 2.05) is 0 Å². The van der Waals surface area contributed by atoms with Crippen LogP contribution in [0.3, 0.4) is 0 Å². The Morgan fingerprint density at radius 3 is 2.57 bits per heavy atom. The molecule has 0 bridgehead atoms. The van der Waals surface area contributed by atoms with E-state index in [1.54, 1.807) is 0 Å². The lowest BCUT2D eigenvalue weighted by Gasteiger charge is -2.20. The lowest BCUT2D eigenvalue weighted by molar-refractivity contribution is -0.144. The molecule has 5 nitrogen and oxygen atoms in total.